The molecule has 0 unspecified atom stereocenters. The molecule has 1 saturated carbocycles. The summed E-state index contributed by atoms with van der Waals surface area (Å²) < 4.78 is 24.1. The van der Waals surface area contributed by atoms with Crippen molar-refractivity contribution in [1.29, 1.82) is 0 Å². The van der Waals surface area contributed by atoms with E-state index < -0.39 is 9.84 Å². The van der Waals surface area contributed by atoms with Crippen molar-refractivity contribution in [3.63, 3.8) is 0 Å². The number of nitrogens with one attached hydrogen (secondary N) is 1. The Bertz CT molecular complexity index is 875. The van der Waals surface area contributed by atoms with Crippen molar-refractivity contribution in [2.75, 3.05) is 0 Å². The van der Waals surface area contributed by atoms with Crippen LogP contribution in [0.15, 0.2) is 4.79 Å². The van der Waals surface area contributed by atoms with Gasteiger partial charge in [0, 0.05) is 4.88 Å². The summed E-state index contributed by atoms with van der Waals surface area (Å²) in [5.41, 5.74) is 0.951. The van der Waals surface area contributed by atoms with E-state index in [0.29, 0.717) is 10.2 Å². The van der Waals surface area contributed by atoms with Crippen molar-refractivity contribution in [3.05, 3.63) is 26.6 Å². The lowest BCUT2D eigenvalue weighted by Gasteiger charge is -2.09. The smallest absolute Gasteiger partial charge is 0.259 e. The number of fused-ring (bicyclic) bond motifs is 3. The summed E-state index contributed by atoms with van der Waals surface area (Å²) in [6, 6.07) is 0. The molecule has 4 rings (SSSR count). The predicted molar refractivity (Wildman–Crippen MR) is 82.5 cm³/mol. The van der Waals surface area contributed by atoms with E-state index in [4.69, 9.17) is 0 Å². The van der Waals surface area contributed by atoms with E-state index in [0.717, 1.165) is 44.1 Å². The van der Waals surface area contributed by atoms with E-state index in [9.17, 15) is 13.2 Å². The molecule has 2 aliphatic carbocycles. The van der Waals surface area contributed by atoms with Gasteiger partial charge in [-0.05, 0) is 44.1 Å². The third-order valence-corrected chi connectivity index (χ3v) is 7.59. The maximum atomic E-state index is 12.3. The Labute approximate surface area is 126 Å². The Hall–Kier alpha value is -1.21. The fourth-order valence-electron chi connectivity index (χ4n) is 3.01. The highest BCUT2D eigenvalue weighted by Crippen LogP contribution is 2.34. The van der Waals surface area contributed by atoms with Crippen molar-refractivity contribution < 1.29 is 8.42 Å². The maximum Gasteiger partial charge on any atom is 0.259 e. The standard InChI is InChI=1S/C14H16N2O3S2/c17-13-12-9-3-1-2-4-10(9)20-14(12)16-11(15-13)7-21(18,19)8-5-6-8/h8H,1-7H2,(H,15,16,17). The Balaban J connectivity index is 1.80. The van der Waals surface area contributed by atoms with Crippen LogP contribution >= 0.6 is 11.3 Å². The monoisotopic (exact) mass is 324 g/mol. The SMILES string of the molecule is O=c1[nH]c(CS(=O)(=O)C2CC2)nc2sc3c(c12)CCCC3. The van der Waals surface area contributed by atoms with E-state index >= 15 is 0 Å². The number of aryl methyl sites for hydroxylation is 2. The minimum absolute atomic E-state index is 0.147. The van der Waals surface area contributed by atoms with E-state index in [-0.39, 0.29) is 22.4 Å². The van der Waals surface area contributed by atoms with Crippen LogP contribution in [0, 0.1) is 0 Å². The minimum atomic E-state index is -3.16. The van der Waals surface area contributed by atoms with Gasteiger partial charge >= 0.3 is 0 Å². The first kappa shape index (κ1) is 13.5. The normalized spacial score (nSPS) is 18.9. The van der Waals surface area contributed by atoms with Gasteiger partial charge < -0.3 is 4.98 Å². The van der Waals surface area contributed by atoms with Crippen LogP contribution in [-0.2, 0) is 28.4 Å². The van der Waals surface area contributed by atoms with Crippen LogP contribution in [-0.4, -0.2) is 23.6 Å². The van der Waals surface area contributed by atoms with Gasteiger partial charge in [-0.25, -0.2) is 13.4 Å². The molecule has 2 heterocycles. The molecule has 21 heavy (non-hydrogen) atoms. The third kappa shape index (κ3) is 2.32. The maximum absolute atomic E-state index is 12.3. The van der Waals surface area contributed by atoms with Crippen LogP contribution in [0.5, 0.6) is 0 Å². The van der Waals surface area contributed by atoms with Crippen LogP contribution in [0.25, 0.3) is 10.2 Å². The van der Waals surface area contributed by atoms with Crippen molar-refractivity contribution in [2.24, 2.45) is 0 Å². The van der Waals surface area contributed by atoms with Gasteiger partial charge in [0.2, 0.25) is 0 Å². The molecule has 112 valence electrons. The van der Waals surface area contributed by atoms with Gasteiger partial charge in [0.1, 0.15) is 16.4 Å². The van der Waals surface area contributed by atoms with Crippen LogP contribution in [0.1, 0.15) is 41.9 Å². The highest BCUT2D eigenvalue weighted by atomic mass is 32.2. The Morgan fingerprint density at radius 2 is 2.00 bits per heavy atom. The molecule has 0 amide bonds. The molecular formula is C14H16N2O3S2. The summed E-state index contributed by atoms with van der Waals surface area (Å²) in [7, 11) is -3.16. The highest BCUT2D eigenvalue weighted by Gasteiger charge is 2.36. The number of nitrogens with zero attached hydrogens (tertiary/aromatic N) is 1. The van der Waals surface area contributed by atoms with Gasteiger partial charge in [-0.2, -0.15) is 0 Å². The topological polar surface area (TPSA) is 79.9 Å². The lowest BCUT2D eigenvalue weighted by atomic mass is 9.97. The Kier molecular flexibility index (Phi) is 2.97. The summed E-state index contributed by atoms with van der Waals surface area (Å²) in [4.78, 5) is 21.4. The van der Waals surface area contributed by atoms with Crippen molar-refractivity contribution in [1.82, 2.24) is 9.97 Å². The van der Waals surface area contributed by atoms with Crippen LogP contribution < -0.4 is 5.56 Å². The van der Waals surface area contributed by atoms with E-state index in [1.54, 1.807) is 11.3 Å². The van der Waals surface area contributed by atoms with Gasteiger partial charge in [0.05, 0.1) is 10.6 Å². The first-order valence-corrected chi connectivity index (χ1v) is 9.83. The number of H-pyrrole nitrogens is 1. The van der Waals surface area contributed by atoms with Gasteiger partial charge in [0.15, 0.2) is 9.84 Å². The fraction of sp³-hybridized carbons (Fsp3) is 0.571. The molecule has 0 radical (unpaired) electrons. The molecular weight excluding hydrogens is 308 g/mol. The summed E-state index contributed by atoms with van der Waals surface area (Å²) in [5, 5.41) is 0.456. The zero-order chi connectivity index (χ0) is 14.6. The molecule has 0 saturated heterocycles. The molecule has 7 heteroatoms. The average Bonchev–Trinajstić information content (AvgIpc) is 3.20. The molecule has 1 fully saturated rings. The molecule has 2 aliphatic rings. The lowest BCUT2D eigenvalue weighted by Crippen LogP contribution is -2.17. The summed E-state index contributed by atoms with van der Waals surface area (Å²) in [6.45, 7) is 0. The molecule has 5 nitrogen and oxygen atoms in total. The second kappa shape index (κ2) is 4.64. The second-order valence-electron chi connectivity index (χ2n) is 5.91. The average molecular weight is 324 g/mol. The lowest BCUT2D eigenvalue weighted by molar-refractivity contribution is 0.592. The van der Waals surface area contributed by atoms with Crippen LogP contribution in [0.3, 0.4) is 0 Å². The van der Waals surface area contributed by atoms with Gasteiger partial charge in [0.25, 0.3) is 5.56 Å². The van der Waals surface area contributed by atoms with E-state index in [1.165, 1.54) is 4.88 Å². The molecule has 1 N–H and O–H groups in total. The Morgan fingerprint density at radius 1 is 1.24 bits per heavy atom. The molecule has 0 atom stereocenters. The zero-order valence-electron chi connectivity index (χ0n) is 11.5. The third-order valence-electron chi connectivity index (χ3n) is 4.24. The van der Waals surface area contributed by atoms with Crippen molar-refractivity contribution in [2.45, 2.75) is 49.5 Å². The fourth-order valence-corrected chi connectivity index (χ4v) is 5.90. The molecule has 0 aromatic carbocycles. The highest BCUT2D eigenvalue weighted by molar-refractivity contribution is 7.91. The van der Waals surface area contributed by atoms with Gasteiger partial charge in [-0.15, -0.1) is 11.3 Å². The number of hydrogen-bond donors (Lipinski definition) is 1. The molecule has 2 aromatic rings. The van der Waals surface area contributed by atoms with Crippen molar-refractivity contribution >= 4 is 31.4 Å². The molecule has 0 bridgehead atoms. The summed E-state index contributed by atoms with van der Waals surface area (Å²) >= 11 is 1.55. The zero-order valence-corrected chi connectivity index (χ0v) is 13.1. The second-order valence-corrected chi connectivity index (χ2v) is 9.27. The first-order chi connectivity index (χ1) is 10.0. The molecule has 0 aliphatic heterocycles. The molecule has 2 aromatic heterocycles. The van der Waals surface area contributed by atoms with Gasteiger partial charge in [-0.3, -0.25) is 4.79 Å². The quantitative estimate of drug-likeness (QED) is 0.935. The van der Waals surface area contributed by atoms with E-state index in [2.05, 4.69) is 9.97 Å². The Morgan fingerprint density at radius 3 is 2.76 bits per heavy atom. The molecule has 0 spiro atoms. The van der Waals surface area contributed by atoms with Crippen LogP contribution in [0.2, 0.25) is 0 Å². The largest absolute Gasteiger partial charge is 0.309 e. The van der Waals surface area contributed by atoms with Gasteiger partial charge in [-0.1, -0.05) is 0 Å². The minimum Gasteiger partial charge on any atom is -0.309 e. The number of rotatable bonds is 3. The number of thiophene rings is 1. The number of hydrogen-bond acceptors (Lipinski definition) is 5. The summed E-state index contributed by atoms with van der Waals surface area (Å²) in [5.74, 6) is 0.142. The predicted octanol–water partition coefficient (Wildman–Crippen LogP) is 1.94. The summed E-state index contributed by atoms with van der Waals surface area (Å²) in [6.07, 6.45) is 5.67. The number of aromatic amines is 1. The van der Waals surface area contributed by atoms with Crippen LogP contribution in [0.4, 0.5) is 0 Å². The first-order valence-electron chi connectivity index (χ1n) is 7.29. The number of sulfone groups is 1. The van der Waals surface area contributed by atoms with Crippen molar-refractivity contribution in [3.8, 4) is 0 Å². The number of aromatic nitrogens is 2. The van der Waals surface area contributed by atoms with E-state index in [1.807, 2.05) is 0 Å².